The lowest BCUT2D eigenvalue weighted by atomic mass is 10.1. The molecule has 0 saturated carbocycles. The zero-order valence-electron chi connectivity index (χ0n) is 9.55. The summed E-state index contributed by atoms with van der Waals surface area (Å²) in [5, 5.41) is 0. The van der Waals surface area contributed by atoms with Gasteiger partial charge in [0, 0.05) is 6.07 Å². The third-order valence-corrected chi connectivity index (χ3v) is 2.51. The van der Waals surface area contributed by atoms with Crippen molar-refractivity contribution in [3.63, 3.8) is 0 Å². The molecule has 0 aliphatic rings. The zero-order chi connectivity index (χ0) is 12.3. The Morgan fingerprint density at radius 3 is 2.47 bits per heavy atom. The van der Waals surface area contributed by atoms with Crippen LogP contribution in [0.3, 0.4) is 0 Å². The molecule has 3 heteroatoms. The van der Waals surface area contributed by atoms with Crippen LogP contribution in [0.2, 0.25) is 0 Å². The molecule has 0 unspecified atom stereocenters. The fraction of sp³-hybridized carbons (Fsp3) is 0.0714. The minimum Gasteiger partial charge on any atom is -0.351 e. The highest BCUT2D eigenvalue weighted by Crippen LogP contribution is 2.27. The van der Waals surface area contributed by atoms with Crippen molar-refractivity contribution >= 4 is 17.4 Å². The molecule has 0 saturated heterocycles. The van der Waals surface area contributed by atoms with Crippen LogP contribution in [0.4, 0.5) is 16.2 Å². The Kier molecular flexibility index (Phi) is 3.10. The number of carbonyl (C=O) groups excluding carboxylic acids is 1. The maximum atomic E-state index is 11.6. The van der Waals surface area contributed by atoms with Crippen molar-refractivity contribution in [1.82, 2.24) is 0 Å². The van der Waals surface area contributed by atoms with Gasteiger partial charge in [0.1, 0.15) is 0 Å². The zero-order valence-corrected chi connectivity index (χ0v) is 9.55. The Balaban J connectivity index is 2.51. The van der Waals surface area contributed by atoms with E-state index in [9.17, 15) is 4.79 Å². The molecule has 0 aliphatic carbocycles. The van der Waals surface area contributed by atoms with Crippen molar-refractivity contribution in [3.8, 4) is 0 Å². The topological polar surface area (TPSA) is 46.3 Å². The van der Waals surface area contributed by atoms with E-state index >= 15 is 0 Å². The van der Waals surface area contributed by atoms with Crippen molar-refractivity contribution in [1.29, 1.82) is 0 Å². The molecule has 0 spiro atoms. The normalized spacial score (nSPS) is 9.94. The Hall–Kier alpha value is -2.29. The Morgan fingerprint density at radius 2 is 1.88 bits per heavy atom. The molecule has 0 bridgehead atoms. The summed E-state index contributed by atoms with van der Waals surface area (Å²) in [5.41, 5.74) is 7.85. The summed E-state index contributed by atoms with van der Waals surface area (Å²) in [6, 6.07) is 17.3. The first-order chi connectivity index (χ1) is 8.20. The number of nitrogens with two attached hydrogens (primary N) is 1. The molecule has 0 heterocycles. The maximum absolute atomic E-state index is 11.6. The van der Waals surface area contributed by atoms with Gasteiger partial charge >= 0.3 is 6.03 Å². The largest absolute Gasteiger partial charge is 0.351 e. The van der Waals surface area contributed by atoms with Crippen molar-refractivity contribution < 1.29 is 4.79 Å². The number of carbonyl (C=O) groups is 1. The van der Waals surface area contributed by atoms with E-state index in [-0.39, 0.29) is 0 Å². The Labute approximate surface area is 100 Å². The minimum atomic E-state index is -0.512. The van der Waals surface area contributed by atoms with Gasteiger partial charge in [-0.25, -0.2) is 4.79 Å². The van der Waals surface area contributed by atoms with Crippen molar-refractivity contribution in [2.24, 2.45) is 5.73 Å². The van der Waals surface area contributed by atoms with Crippen LogP contribution in [-0.2, 0) is 0 Å². The number of amides is 2. The van der Waals surface area contributed by atoms with Gasteiger partial charge < -0.3 is 5.73 Å². The summed E-state index contributed by atoms with van der Waals surface area (Å²) in [5.74, 6) is 0. The number of anilines is 2. The van der Waals surface area contributed by atoms with Crippen LogP contribution in [0, 0.1) is 13.0 Å². The standard InChI is InChI=1S/C14H13N2O/c1-11-7-5-6-10-13(11)16(14(15)17)12-8-3-2-4-9-12/h2-8,10H,1H3,(H2,15,17). The van der Waals surface area contributed by atoms with E-state index < -0.39 is 6.03 Å². The van der Waals surface area contributed by atoms with Crippen molar-refractivity contribution in [2.45, 2.75) is 6.92 Å². The fourth-order valence-electron chi connectivity index (χ4n) is 1.70. The van der Waals surface area contributed by atoms with Gasteiger partial charge in [0.25, 0.3) is 0 Å². The number of aryl methyl sites for hydroxylation is 1. The average molecular weight is 225 g/mol. The van der Waals surface area contributed by atoms with Gasteiger partial charge in [-0.3, -0.25) is 4.90 Å². The highest BCUT2D eigenvalue weighted by atomic mass is 16.2. The molecule has 3 nitrogen and oxygen atoms in total. The SMILES string of the molecule is Cc1ccccc1N(C(N)=O)c1[c]cccc1. The molecular weight excluding hydrogens is 212 g/mol. The number of nitrogens with zero attached hydrogens (tertiary/aromatic N) is 1. The van der Waals surface area contributed by atoms with Crippen molar-refractivity contribution in [3.05, 3.63) is 60.2 Å². The quantitative estimate of drug-likeness (QED) is 0.839. The number of hydrogen-bond donors (Lipinski definition) is 1. The first kappa shape index (κ1) is 11.2. The summed E-state index contributed by atoms with van der Waals surface area (Å²) < 4.78 is 0. The van der Waals surface area contributed by atoms with Gasteiger partial charge in [0.15, 0.2) is 0 Å². The summed E-state index contributed by atoms with van der Waals surface area (Å²) in [6.45, 7) is 1.94. The van der Waals surface area contributed by atoms with E-state index in [0.717, 1.165) is 11.3 Å². The van der Waals surface area contributed by atoms with E-state index in [1.165, 1.54) is 4.90 Å². The lowest BCUT2D eigenvalue weighted by molar-refractivity contribution is 0.256. The van der Waals surface area contributed by atoms with E-state index in [0.29, 0.717) is 5.69 Å². The molecule has 17 heavy (non-hydrogen) atoms. The van der Waals surface area contributed by atoms with Crippen LogP contribution in [0.5, 0.6) is 0 Å². The number of urea groups is 1. The fourth-order valence-corrected chi connectivity index (χ4v) is 1.70. The molecule has 1 radical (unpaired) electrons. The summed E-state index contributed by atoms with van der Waals surface area (Å²) in [7, 11) is 0. The monoisotopic (exact) mass is 225 g/mol. The van der Waals surface area contributed by atoms with E-state index in [1.54, 1.807) is 12.1 Å². The Morgan fingerprint density at radius 1 is 1.18 bits per heavy atom. The summed E-state index contributed by atoms with van der Waals surface area (Å²) in [6.07, 6.45) is 0. The van der Waals surface area contributed by atoms with Crippen LogP contribution in [0.15, 0.2) is 48.5 Å². The minimum absolute atomic E-state index is 0.512. The summed E-state index contributed by atoms with van der Waals surface area (Å²) >= 11 is 0. The number of hydrogen-bond acceptors (Lipinski definition) is 1. The molecule has 0 atom stereocenters. The number of rotatable bonds is 2. The first-order valence-electron chi connectivity index (χ1n) is 5.32. The average Bonchev–Trinajstić information content (AvgIpc) is 2.33. The third-order valence-electron chi connectivity index (χ3n) is 2.51. The molecule has 0 fully saturated rings. The van der Waals surface area contributed by atoms with Crippen LogP contribution >= 0.6 is 0 Å². The molecule has 2 amide bonds. The predicted molar refractivity (Wildman–Crippen MR) is 68.2 cm³/mol. The molecule has 2 aromatic rings. The maximum Gasteiger partial charge on any atom is 0.323 e. The third kappa shape index (κ3) is 2.28. The van der Waals surface area contributed by atoms with Crippen LogP contribution in [0.25, 0.3) is 0 Å². The second kappa shape index (κ2) is 4.70. The lowest BCUT2D eigenvalue weighted by Crippen LogP contribution is -2.31. The number of benzene rings is 2. The van der Waals surface area contributed by atoms with Gasteiger partial charge in [-0.1, -0.05) is 36.4 Å². The van der Waals surface area contributed by atoms with Gasteiger partial charge in [-0.2, -0.15) is 0 Å². The van der Waals surface area contributed by atoms with E-state index in [2.05, 4.69) is 6.07 Å². The highest BCUT2D eigenvalue weighted by molar-refractivity contribution is 5.98. The second-order valence-corrected chi connectivity index (χ2v) is 3.71. The number of primary amides is 1. The first-order valence-corrected chi connectivity index (χ1v) is 5.32. The van der Waals surface area contributed by atoms with Crippen molar-refractivity contribution in [2.75, 3.05) is 4.90 Å². The molecule has 2 N–H and O–H groups in total. The molecular formula is C14H13N2O. The van der Waals surface area contributed by atoms with Gasteiger partial charge in [0.05, 0.1) is 11.4 Å². The predicted octanol–water partition coefficient (Wildman–Crippen LogP) is 3.01. The van der Waals surface area contributed by atoms with Gasteiger partial charge in [-0.15, -0.1) is 0 Å². The van der Waals surface area contributed by atoms with Crippen LogP contribution in [0.1, 0.15) is 5.56 Å². The van der Waals surface area contributed by atoms with Gasteiger partial charge in [-0.05, 0) is 24.6 Å². The Bertz CT molecular complexity index is 523. The van der Waals surface area contributed by atoms with Crippen LogP contribution in [-0.4, -0.2) is 6.03 Å². The molecule has 2 rings (SSSR count). The number of para-hydroxylation sites is 2. The highest BCUT2D eigenvalue weighted by Gasteiger charge is 2.16. The lowest BCUT2D eigenvalue weighted by Gasteiger charge is -2.22. The molecule has 85 valence electrons. The van der Waals surface area contributed by atoms with Crippen LogP contribution < -0.4 is 10.6 Å². The summed E-state index contributed by atoms with van der Waals surface area (Å²) in [4.78, 5) is 13.0. The molecule has 2 aromatic carbocycles. The smallest absolute Gasteiger partial charge is 0.323 e. The van der Waals surface area contributed by atoms with E-state index in [4.69, 9.17) is 5.73 Å². The second-order valence-electron chi connectivity index (χ2n) is 3.71. The van der Waals surface area contributed by atoms with E-state index in [1.807, 2.05) is 43.3 Å². The van der Waals surface area contributed by atoms with Gasteiger partial charge in [0.2, 0.25) is 0 Å². The molecule has 0 aliphatic heterocycles. The molecule has 0 aromatic heterocycles.